The molecule has 4 heteroatoms. The van der Waals surface area contributed by atoms with Crippen LogP contribution in [0.1, 0.15) is 41.3 Å². The van der Waals surface area contributed by atoms with E-state index in [2.05, 4.69) is 5.32 Å². The number of fused-ring (bicyclic) bond motifs is 1. The zero-order valence-electron chi connectivity index (χ0n) is 10.2. The van der Waals surface area contributed by atoms with Crippen LogP contribution in [-0.4, -0.2) is 17.6 Å². The Morgan fingerprint density at radius 1 is 1.53 bits per heavy atom. The van der Waals surface area contributed by atoms with E-state index in [1.54, 1.807) is 6.92 Å². The Balaban J connectivity index is 2.45. The van der Waals surface area contributed by atoms with Crippen LogP contribution in [0.25, 0.3) is 0 Å². The highest BCUT2D eigenvalue weighted by atomic mass is 32.1. The van der Waals surface area contributed by atoms with Gasteiger partial charge in [0.1, 0.15) is 0 Å². The Morgan fingerprint density at radius 2 is 2.24 bits per heavy atom. The van der Waals surface area contributed by atoms with Crippen molar-refractivity contribution in [3.8, 4) is 0 Å². The molecule has 3 nitrogen and oxygen atoms in total. The van der Waals surface area contributed by atoms with Crippen LogP contribution in [0.15, 0.2) is 12.1 Å². The fourth-order valence-electron chi connectivity index (χ4n) is 2.03. The number of benzene rings is 1. The molecular weight excluding hydrogens is 234 g/mol. The fraction of sp³-hybridized carbons (Fsp3) is 0.385. The molecule has 1 atom stereocenters. The van der Waals surface area contributed by atoms with Crippen molar-refractivity contribution >= 4 is 28.9 Å². The maximum Gasteiger partial charge on any atom is 0.338 e. The lowest BCUT2D eigenvalue weighted by molar-refractivity contribution is 0.0526. The van der Waals surface area contributed by atoms with Gasteiger partial charge in [0.2, 0.25) is 0 Å². The first-order chi connectivity index (χ1) is 8.04. The van der Waals surface area contributed by atoms with Crippen molar-refractivity contribution in [1.29, 1.82) is 0 Å². The van der Waals surface area contributed by atoms with E-state index in [0.717, 1.165) is 21.8 Å². The first-order valence-electron chi connectivity index (χ1n) is 5.67. The van der Waals surface area contributed by atoms with Gasteiger partial charge in [-0.3, -0.25) is 0 Å². The number of nitrogens with one attached hydrogen (secondary N) is 1. The molecule has 1 N–H and O–H groups in total. The van der Waals surface area contributed by atoms with Crippen LogP contribution in [0.2, 0.25) is 0 Å². The van der Waals surface area contributed by atoms with Gasteiger partial charge in [-0.2, -0.15) is 0 Å². The molecule has 1 aliphatic rings. The lowest BCUT2D eigenvalue weighted by atomic mass is 9.98. The highest BCUT2D eigenvalue weighted by molar-refractivity contribution is 7.80. The van der Waals surface area contributed by atoms with Gasteiger partial charge in [-0.15, -0.1) is 0 Å². The van der Waals surface area contributed by atoms with E-state index in [1.165, 1.54) is 0 Å². The topological polar surface area (TPSA) is 38.3 Å². The summed E-state index contributed by atoms with van der Waals surface area (Å²) in [6.07, 6.45) is 0. The minimum absolute atomic E-state index is 0.160. The Bertz CT molecular complexity index is 496. The second-order valence-electron chi connectivity index (χ2n) is 4.19. The Hall–Kier alpha value is -1.42. The molecule has 0 spiro atoms. The van der Waals surface area contributed by atoms with Crippen molar-refractivity contribution in [3.63, 3.8) is 0 Å². The second-order valence-corrected chi connectivity index (χ2v) is 4.63. The van der Waals surface area contributed by atoms with Gasteiger partial charge in [0.05, 0.1) is 17.2 Å². The van der Waals surface area contributed by atoms with E-state index >= 15 is 0 Å². The molecule has 0 saturated carbocycles. The lowest BCUT2D eigenvalue weighted by Crippen LogP contribution is -2.06. The highest BCUT2D eigenvalue weighted by Crippen LogP contribution is 2.36. The molecule has 1 aliphatic heterocycles. The quantitative estimate of drug-likeness (QED) is 0.646. The molecule has 0 bridgehead atoms. The largest absolute Gasteiger partial charge is 0.462 e. The van der Waals surface area contributed by atoms with Crippen LogP contribution in [0.5, 0.6) is 0 Å². The number of anilines is 1. The maximum absolute atomic E-state index is 11.7. The molecule has 1 unspecified atom stereocenters. The molecule has 1 heterocycles. The number of hydrogen-bond acceptors (Lipinski definition) is 3. The van der Waals surface area contributed by atoms with Gasteiger partial charge in [-0.25, -0.2) is 4.79 Å². The summed E-state index contributed by atoms with van der Waals surface area (Å²) < 4.78 is 5.01. The Labute approximate surface area is 106 Å². The zero-order valence-corrected chi connectivity index (χ0v) is 11.0. The van der Waals surface area contributed by atoms with Gasteiger partial charge in [0, 0.05) is 11.6 Å². The lowest BCUT2D eigenvalue weighted by Gasteiger charge is -2.09. The van der Waals surface area contributed by atoms with Crippen molar-refractivity contribution in [3.05, 3.63) is 28.8 Å². The van der Waals surface area contributed by atoms with Crippen LogP contribution < -0.4 is 5.32 Å². The van der Waals surface area contributed by atoms with Gasteiger partial charge in [-0.1, -0.05) is 19.1 Å². The third-order valence-corrected chi connectivity index (χ3v) is 3.44. The number of aryl methyl sites for hydroxylation is 1. The highest BCUT2D eigenvalue weighted by Gasteiger charge is 2.26. The molecule has 0 aromatic heterocycles. The molecule has 0 amide bonds. The van der Waals surface area contributed by atoms with E-state index in [9.17, 15) is 4.79 Å². The van der Waals surface area contributed by atoms with E-state index < -0.39 is 0 Å². The molecular formula is C13H15NO2S. The summed E-state index contributed by atoms with van der Waals surface area (Å²) in [6.45, 7) is 6.20. The first kappa shape index (κ1) is 12.0. The molecule has 17 heavy (non-hydrogen) atoms. The fourth-order valence-corrected chi connectivity index (χ4v) is 2.26. The van der Waals surface area contributed by atoms with Crippen LogP contribution >= 0.6 is 12.2 Å². The minimum Gasteiger partial charge on any atom is -0.462 e. The normalized spacial score (nSPS) is 17.6. The second kappa shape index (κ2) is 4.45. The van der Waals surface area contributed by atoms with E-state index in [4.69, 9.17) is 17.0 Å². The van der Waals surface area contributed by atoms with Crippen molar-refractivity contribution in [2.75, 3.05) is 11.9 Å². The number of hydrogen-bond donors (Lipinski definition) is 1. The predicted molar refractivity (Wildman–Crippen MR) is 71.8 cm³/mol. The Kier molecular flexibility index (Phi) is 3.15. The summed E-state index contributed by atoms with van der Waals surface area (Å²) in [4.78, 5) is 12.5. The molecule has 0 aliphatic carbocycles. The maximum atomic E-state index is 11.7. The smallest absolute Gasteiger partial charge is 0.338 e. The van der Waals surface area contributed by atoms with Gasteiger partial charge in [0.25, 0.3) is 0 Å². The monoisotopic (exact) mass is 249 g/mol. The number of thiocarbonyl (C=S) groups is 1. The molecule has 0 radical (unpaired) electrons. The van der Waals surface area contributed by atoms with Crippen molar-refractivity contribution in [2.24, 2.45) is 0 Å². The zero-order chi connectivity index (χ0) is 12.6. The van der Waals surface area contributed by atoms with Crippen LogP contribution in [0, 0.1) is 6.92 Å². The Morgan fingerprint density at radius 3 is 2.88 bits per heavy atom. The summed E-state index contributed by atoms with van der Waals surface area (Å²) in [5.74, 6) is -0.114. The summed E-state index contributed by atoms with van der Waals surface area (Å²) in [5, 5.41) is 3.19. The SMILES string of the molecule is CCOC(=O)c1cc(C)c2c(c1)C(C)C(=S)N2. The first-order valence-corrected chi connectivity index (χ1v) is 6.08. The average Bonchev–Trinajstić information content (AvgIpc) is 2.57. The molecule has 90 valence electrons. The van der Waals surface area contributed by atoms with Gasteiger partial charge < -0.3 is 10.1 Å². The van der Waals surface area contributed by atoms with E-state index in [1.807, 2.05) is 26.0 Å². The van der Waals surface area contributed by atoms with Gasteiger partial charge in [0.15, 0.2) is 0 Å². The molecule has 0 saturated heterocycles. The number of rotatable bonds is 2. The standard InChI is InChI=1S/C13H15NO2S/c1-4-16-13(15)9-5-7(2)11-10(6-9)8(3)12(17)14-11/h5-6,8H,4H2,1-3H3,(H,14,17). The third-order valence-electron chi connectivity index (χ3n) is 2.99. The average molecular weight is 249 g/mol. The predicted octanol–water partition coefficient (Wildman–Crippen LogP) is 3.03. The molecule has 0 fully saturated rings. The molecule has 1 aromatic carbocycles. The molecule has 1 aromatic rings. The summed E-state index contributed by atoms with van der Waals surface area (Å²) in [6, 6.07) is 3.71. The summed E-state index contributed by atoms with van der Waals surface area (Å²) in [7, 11) is 0. The van der Waals surface area contributed by atoms with Crippen molar-refractivity contribution in [2.45, 2.75) is 26.7 Å². The number of esters is 1. The van der Waals surface area contributed by atoms with Gasteiger partial charge in [-0.05, 0) is 37.1 Å². The van der Waals surface area contributed by atoms with Crippen molar-refractivity contribution in [1.82, 2.24) is 0 Å². The third kappa shape index (κ3) is 2.05. The number of carbonyl (C=O) groups is 1. The minimum atomic E-state index is -0.275. The van der Waals surface area contributed by atoms with E-state index in [0.29, 0.717) is 12.2 Å². The van der Waals surface area contributed by atoms with Crippen LogP contribution in [-0.2, 0) is 4.74 Å². The summed E-state index contributed by atoms with van der Waals surface area (Å²) in [5.41, 5.74) is 3.74. The molecule has 2 rings (SSSR count). The number of carbonyl (C=O) groups excluding carboxylic acids is 1. The number of ether oxygens (including phenoxy) is 1. The van der Waals surface area contributed by atoms with E-state index in [-0.39, 0.29) is 11.9 Å². The van der Waals surface area contributed by atoms with Crippen LogP contribution in [0.4, 0.5) is 5.69 Å². The van der Waals surface area contributed by atoms with Crippen LogP contribution in [0.3, 0.4) is 0 Å². The summed E-state index contributed by atoms with van der Waals surface area (Å²) >= 11 is 5.24. The van der Waals surface area contributed by atoms with Crippen molar-refractivity contribution < 1.29 is 9.53 Å². The van der Waals surface area contributed by atoms with Gasteiger partial charge >= 0.3 is 5.97 Å².